The molecule has 3 aromatic rings. The van der Waals surface area contributed by atoms with E-state index < -0.39 is 17.5 Å². The maximum atomic E-state index is 13.6. The van der Waals surface area contributed by atoms with Gasteiger partial charge >= 0.3 is 6.09 Å². The van der Waals surface area contributed by atoms with E-state index in [9.17, 15) is 14.0 Å². The fourth-order valence-electron chi connectivity index (χ4n) is 3.77. The van der Waals surface area contributed by atoms with E-state index in [0.29, 0.717) is 35.4 Å². The molecule has 0 radical (unpaired) electrons. The summed E-state index contributed by atoms with van der Waals surface area (Å²) in [6.45, 7) is 9.87. The topological polar surface area (TPSA) is 122 Å². The number of pyridine rings is 1. The summed E-state index contributed by atoms with van der Waals surface area (Å²) in [5.74, 6) is -0.495. The van der Waals surface area contributed by atoms with Crippen molar-refractivity contribution >= 4 is 39.6 Å². The zero-order valence-electron chi connectivity index (χ0n) is 20.3. The van der Waals surface area contributed by atoms with Crippen LogP contribution in [0.15, 0.2) is 18.5 Å². The van der Waals surface area contributed by atoms with Crippen molar-refractivity contribution in [1.29, 1.82) is 0 Å². The smallest absolute Gasteiger partial charge is 0.407 e. The summed E-state index contributed by atoms with van der Waals surface area (Å²) < 4.78 is 19.5. The minimum absolute atomic E-state index is 0.213. The van der Waals surface area contributed by atoms with E-state index in [-0.39, 0.29) is 29.6 Å². The number of hydrogen-bond acceptors (Lipinski definition) is 9. The van der Waals surface area contributed by atoms with Gasteiger partial charge in [-0.25, -0.2) is 19.2 Å². The first kappa shape index (κ1) is 24.7. The minimum Gasteiger partial charge on any atom is -0.444 e. The number of anilines is 1. The average Bonchev–Trinajstić information content (AvgIpc) is 3.36. The molecule has 0 bridgehead atoms. The van der Waals surface area contributed by atoms with Gasteiger partial charge in [-0.2, -0.15) is 4.98 Å². The van der Waals surface area contributed by atoms with Gasteiger partial charge in [0.2, 0.25) is 5.95 Å². The van der Waals surface area contributed by atoms with E-state index >= 15 is 0 Å². The molecule has 4 rings (SSSR count). The Morgan fingerprint density at radius 2 is 2.03 bits per heavy atom. The van der Waals surface area contributed by atoms with E-state index in [4.69, 9.17) is 4.74 Å². The summed E-state index contributed by atoms with van der Waals surface area (Å²) in [5, 5.41) is 6.71. The van der Waals surface area contributed by atoms with Gasteiger partial charge in [0.25, 0.3) is 5.91 Å². The van der Waals surface area contributed by atoms with Gasteiger partial charge in [0, 0.05) is 19.3 Å². The van der Waals surface area contributed by atoms with Gasteiger partial charge < -0.3 is 20.3 Å². The fourth-order valence-corrected chi connectivity index (χ4v) is 4.61. The van der Waals surface area contributed by atoms with Crippen LogP contribution >= 0.6 is 11.3 Å². The van der Waals surface area contributed by atoms with Crippen molar-refractivity contribution in [2.45, 2.75) is 58.7 Å². The number of likely N-dealkylation sites (tertiary alicyclic amines) is 1. The van der Waals surface area contributed by atoms with Gasteiger partial charge in [-0.15, -0.1) is 11.3 Å². The maximum Gasteiger partial charge on any atom is 0.407 e. The van der Waals surface area contributed by atoms with E-state index in [0.717, 1.165) is 11.2 Å². The average molecular weight is 502 g/mol. The summed E-state index contributed by atoms with van der Waals surface area (Å²) in [7, 11) is 0. The van der Waals surface area contributed by atoms with Crippen LogP contribution in [0.2, 0.25) is 0 Å². The fraction of sp³-hybridized carbons (Fsp3) is 0.478. The van der Waals surface area contributed by atoms with Crippen molar-refractivity contribution in [3.63, 3.8) is 0 Å². The second kappa shape index (κ2) is 9.68. The summed E-state index contributed by atoms with van der Waals surface area (Å²) in [6, 6.07) is 0.810. The number of amides is 2. The van der Waals surface area contributed by atoms with Crippen molar-refractivity contribution < 1.29 is 18.7 Å². The molecule has 12 heteroatoms. The van der Waals surface area contributed by atoms with Crippen molar-refractivity contribution in [2.75, 3.05) is 18.4 Å². The molecule has 1 saturated heterocycles. The zero-order valence-corrected chi connectivity index (χ0v) is 21.1. The van der Waals surface area contributed by atoms with Crippen LogP contribution in [0.25, 0.3) is 10.3 Å². The van der Waals surface area contributed by atoms with Crippen molar-refractivity contribution in [3.05, 3.63) is 40.5 Å². The van der Waals surface area contributed by atoms with Crippen molar-refractivity contribution in [3.8, 4) is 0 Å². The molecule has 0 spiro atoms. The molecule has 0 saturated carbocycles. The lowest BCUT2D eigenvalue weighted by Crippen LogP contribution is -2.41. The van der Waals surface area contributed by atoms with Crippen LogP contribution in [-0.2, 0) is 4.74 Å². The predicted octanol–water partition coefficient (Wildman–Crippen LogP) is 3.84. The van der Waals surface area contributed by atoms with Crippen molar-refractivity contribution in [1.82, 2.24) is 30.2 Å². The number of hydrogen-bond donors (Lipinski definition) is 2. The third-order valence-corrected chi connectivity index (χ3v) is 6.30. The van der Waals surface area contributed by atoms with Gasteiger partial charge in [-0.3, -0.25) is 9.78 Å². The lowest BCUT2D eigenvalue weighted by atomic mass is 10.1. The molecular formula is C23H28FN7O3S. The highest BCUT2D eigenvalue weighted by atomic mass is 32.1. The molecule has 2 atom stereocenters. The first-order valence-corrected chi connectivity index (χ1v) is 12.1. The molecule has 1 aliphatic rings. The first-order valence-electron chi connectivity index (χ1n) is 11.3. The number of rotatable bonds is 5. The van der Waals surface area contributed by atoms with Gasteiger partial charge in [-0.1, -0.05) is 0 Å². The lowest BCUT2D eigenvalue weighted by molar-refractivity contribution is 0.0502. The first-order chi connectivity index (χ1) is 16.5. The highest BCUT2D eigenvalue weighted by Crippen LogP contribution is 2.28. The van der Waals surface area contributed by atoms with Gasteiger partial charge in [0.15, 0.2) is 11.3 Å². The number of nitrogens with one attached hydrogen (secondary N) is 2. The molecule has 2 amide bonds. The number of carbonyl (C=O) groups is 2. The molecule has 186 valence electrons. The Hall–Kier alpha value is -3.41. The SMILES string of the molecule is Cc1nc2nc(N[C@@H](C)c3cncc(F)c3)nc(C(=O)N3CC[C@H](NC(=O)OC(C)(C)C)C3)c2s1. The minimum atomic E-state index is -0.600. The van der Waals surface area contributed by atoms with Crippen LogP contribution in [0, 0.1) is 12.7 Å². The number of aromatic nitrogens is 4. The number of ether oxygens (including phenoxy) is 1. The molecule has 2 N–H and O–H groups in total. The summed E-state index contributed by atoms with van der Waals surface area (Å²) in [5.41, 5.74) is 0.675. The van der Waals surface area contributed by atoms with Crippen LogP contribution in [0.3, 0.4) is 0 Å². The third-order valence-electron chi connectivity index (χ3n) is 5.33. The summed E-state index contributed by atoms with van der Waals surface area (Å²) in [4.78, 5) is 44.5. The van der Waals surface area contributed by atoms with Crippen LogP contribution in [0.5, 0.6) is 0 Å². The van der Waals surface area contributed by atoms with Crippen LogP contribution in [-0.4, -0.2) is 61.6 Å². The standard InChI is InChI=1S/C23H28FN7O3S/c1-12(14-8-15(24)10-25-9-14)26-21-29-17(18-19(30-21)27-13(2)35-18)20(32)31-7-6-16(11-31)28-22(33)34-23(3,4)5/h8-10,12,16H,6-7,11H2,1-5H3,(H,28,33)(H,26,29,30)/t12-,16-/m0/s1. The Kier molecular flexibility index (Phi) is 6.84. The number of fused-ring (bicyclic) bond motifs is 1. The zero-order chi connectivity index (χ0) is 25.3. The van der Waals surface area contributed by atoms with E-state index in [1.54, 1.807) is 31.9 Å². The van der Waals surface area contributed by atoms with Crippen molar-refractivity contribution in [2.24, 2.45) is 0 Å². The Morgan fingerprint density at radius 1 is 1.26 bits per heavy atom. The van der Waals surface area contributed by atoms with E-state index in [1.165, 1.54) is 17.4 Å². The van der Waals surface area contributed by atoms with Gasteiger partial charge in [-0.05, 0) is 52.7 Å². The highest BCUT2D eigenvalue weighted by molar-refractivity contribution is 7.18. The Morgan fingerprint density at radius 3 is 2.74 bits per heavy atom. The maximum absolute atomic E-state index is 13.6. The number of halogens is 1. The molecule has 3 aromatic heterocycles. The molecule has 0 unspecified atom stereocenters. The second-order valence-corrected chi connectivity index (χ2v) is 10.7. The van der Waals surface area contributed by atoms with E-state index in [1.807, 2.05) is 13.8 Å². The van der Waals surface area contributed by atoms with Crippen LogP contribution < -0.4 is 10.6 Å². The number of thiazole rings is 1. The molecule has 10 nitrogen and oxygen atoms in total. The number of aryl methyl sites for hydroxylation is 1. The Labute approximate surface area is 206 Å². The Bertz CT molecular complexity index is 1260. The third kappa shape index (κ3) is 5.99. The summed E-state index contributed by atoms with van der Waals surface area (Å²) >= 11 is 1.35. The number of nitrogens with zero attached hydrogens (tertiary/aromatic N) is 5. The molecule has 35 heavy (non-hydrogen) atoms. The van der Waals surface area contributed by atoms with Crippen LogP contribution in [0.1, 0.15) is 61.2 Å². The second-order valence-electron chi connectivity index (χ2n) is 9.47. The van der Waals surface area contributed by atoms with Crippen LogP contribution in [0.4, 0.5) is 15.1 Å². The lowest BCUT2D eigenvalue weighted by Gasteiger charge is -2.22. The quantitative estimate of drug-likeness (QED) is 0.541. The number of carbonyl (C=O) groups excluding carboxylic acids is 2. The Balaban J connectivity index is 1.53. The predicted molar refractivity (Wildman–Crippen MR) is 130 cm³/mol. The highest BCUT2D eigenvalue weighted by Gasteiger charge is 2.32. The van der Waals surface area contributed by atoms with Gasteiger partial charge in [0.1, 0.15) is 16.1 Å². The normalized spacial score (nSPS) is 16.9. The molecule has 1 aliphatic heterocycles. The largest absolute Gasteiger partial charge is 0.444 e. The molecular weight excluding hydrogens is 473 g/mol. The monoisotopic (exact) mass is 501 g/mol. The molecule has 4 heterocycles. The molecule has 1 fully saturated rings. The van der Waals surface area contributed by atoms with E-state index in [2.05, 4.69) is 30.6 Å². The van der Waals surface area contributed by atoms with Gasteiger partial charge in [0.05, 0.1) is 23.3 Å². The number of alkyl carbamates (subject to hydrolysis) is 1. The summed E-state index contributed by atoms with van der Waals surface area (Å²) in [6.07, 6.45) is 2.79. The molecule has 0 aliphatic carbocycles. The molecule has 0 aromatic carbocycles.